The number of ether oxygens (including phenoxy) is 1. The second-order valence-electron chi connectivity index (χ2n) is 11.0. The molecule has 2 aromatic rings. The van der Waals surface area contributed by atoms with E-state index in [4.69, 9.17) is 4.74 Å². The van der Waals surface area contributed by atoms with Gasteiger partial charge in [0.15, 0.2) is 0 Å². The first-order valence-corrected chi connectivity index (χ1v) is 13.8. The number of nitrogens with zero attached hydrogens (tertiary/aromatic N) is 3. The number of hydrogen-bond acceptors (Lipinski definition) is 4. The zero-order valence-corrected chi connectivity index (χ0v) is 24.3. The van der Waals surface area contributed by atoms with Crippen molar-refractivity contribution in [3.8, 4) is 0 Å². The molecule has 12 heteroatoms. The maximum Gasteiger partial charge on any atom is 0.416 e. The van der Waals surface area contributed by atoms with Crippen LogP contribution in [0, 0.1) is 12.8 Å². The number of carbonyl (C=O) groups is 3. The van der Waals surface area contributed by atoms with Crippen LogP contribution < -0.4 is 0 Å². The summed E-state index contributed by atoms with van der Waals surface area (Å²) in [4.78, 5) is 43.9. The van der Waals surface area contributed by atoms with Gasteiger partial charge in [0, 0.05) is 32.1 Å². The third kappa shape index (κ3) is 6.09. The first-order valence-electron chi connectivity index (χ1n) is 13.8. The number of esters is 1. The lowest BCUT2D eigenvalue weighted by atomic mass is 9.89. The molecule has 2 aliphatic heterocycles. The van der Waals surface area contributed by atoms with Crippen LogP contribution in [0.5, 0.6) is 0 Å². The Bertz CT molecular complexity index is 1410. The van der Waals surface area contributed by atoms with Crippen LogP contribution in [0.25, 0.3) is 0 Å². The summed E-state index contributed by atoms with van der Waals surface area (Å²) in [5.74, 6) is -5.67. The molecule has 2 aromatic carbocycles. The van der Waals surface area contributed by atoms with E-state index in [-0.39, 0.29) is 31.0 Å². The molecule has 0 aliphatic carbocycles. The number of rotatable bonds is 7. The average Bonchev–Trinajstić information content (AvgIpc) is 3.31. The number of carbonyl (C=O) groups excluding carboxylic acids is 3. The molecular weight excluding hydrogens is 573 g/mol. The van der Waals surface area contributed by atoms with Crippen molar-refractivity contribution in [3.05, 3.63) is 82.9 Å². The van der Waals surface area contributed by atoms with Gasteiger partial charge in [-0.1, -0.05) is 30.3 Å². The lowest BCUT2D eigenvalue weighted by Gasteiger charge is -2.47. The maximum atomic E-state index is 14.8. The molecule has 0 saturated carbocycles. The quantitative estimate of drug-likeness (QED) is 0.162. The molecule has 2 saturated heterocycles. The van der Waals surface area contributed by atoms with E-state index in [1.54, 1.807) is 11.0 Å². The summed E-state index contributed by atoms with van der Waals surface area (Å²) < 4.78 is 75.7. The van der Waals surface area contributed by atoms with Crippen molar-refractivity contribution in [2.24, 2.45) is 5.92 Å². The van der Waals surface area contributed by atoms with E-state index >= 15 is 0 Å². The van der Waals surface area contributed by atoms with E-state index in [1.807, 2.05) is 25.1 Å². The summed E-state index contributed by atoms with van der Waals surface area (Å²) in [6.07, 6.45) is -4.70. The first kappa shape index (κ1) is 32.0. The summed E-state index contributed by atoms with van der Waals surface area (Å²) in [5, 5.41) is 0. The number of aryl methyl sites for hydroxylation is 1. The second kappa shape index (κ2) is 12.0. The van der Waals surface area contributed by atoms with E-state index in [0.717, 1.165) is 29.3 Å². The van der Waals surface area contributed by atoms with Crippen LogP contribution in [0.2, 0.25) is 0 Å². The van der Waals surface area contributed by atoms with Crippen LogP contribution in [0.1, 0.15) is 59.7 Å². The Hall–Kier alpha value is -3.96. The fourth-order valence-corrected chi connectivity index (χ4v) is 5.98. The Morgan fingerprint density at radius 3 is 2.37 bits per heavy atom. The molecule has 43 heavy (non-hydrogen) atoms. The normalized spacial score (nSPS) is 21.3. The molecule has 4 atom stereocenters. The van der Waals surface area contributed by atoms with E-state index in [0.29, 0.717) is 6.07 Å². The Labute approximate surface area is 246 Å². The highest BCUT2D eigenvalue weighted by Gasteiger charge is 2.52. The number of benzene rings is 2. The van der Waals surface area contributed by atoms with Gasteiger partial charge >= 0.3 is 18.2 Å². The Balaban J connectivity index is 1.72. The second-order valence-corrected chi connectivity index (χ2v) is 11.0. The topological polar surface area (TPSA) is 70.2 Å². The van der Waals surface area contributed by atoms with Gasteiger partial charge in [-0.15, -0.1) is 6.58 Å². The highest BCUT2D eigenvalue weighted by molar-refractivity contribution is 5.99. The van der Waals surface area contributed by atoms with Gasteiger partial charge in [-0.05, 0) is 55.2 Å². The maximum absolute atomic E-state index is 14.8. The molecule has 232 valence electrons. The van der Waals surface area contributed by atoms with Gasteiger partial charge in [0.2, 0.25) is 5.91 Å². The lowest BCUT2D eigenvalue weighted by Crippen LogP contribution is -2.57. The number of methoxy groups -OCH3 is 1. The lowest BCUT2D eigenvalue weighted by molar-refractivity contribution is -0.150. The standard InChI is InChI=1S/C31H34F5N3O4/c1-6-11-30(32,33)21-14-20(15-22(16-21)31(34,35)36)19(3)37(4)29(42)39-13-12-38-25(17-24(27(38)40)28(41)43-5)26(39)23-10-8-7-9-18(23)2/h6-10,14-16,19,24-26H,1,11-13,17H2,2-5H3/t19-,24?,25?,26?/m1/s1. The van der Waals surface area contributed by atoms with Gasteiger partial charge in [-0.3, -0.25) is 9.59 Å². The van der Waals surface area contributed by atoms with Crippen molar-refractivity contribution in [1.29, 1.82) is 0 Å². The number of amides is 3. The van der Waals surface area contributed by atoms with Crippen molar-refractivity contribution in [1.82, 2.24) is 14.7 Å². The molecule has 0 N–H and O–H groups in total. The van der Waals surface area contributed by atoms with Gasteiger partial charge in [-0.25, -0.2) is 13.6 Å². The van der Waals surface area contributed by atoms with Crippen molar-refractivity contribution in [2.45, 2.75) is 56.9 Å². The van der Waals surface area contributed by atoms with Crippen LogP contribution in [0.15, 0.2) is 55.1 Å². The zero-order valence-electron chi connectivity index (χ0n) is 24.3. The van der Waals surface area contributed by atoms with Crippen molar-refractivity contribution in [2.75, 3.05) is 27.2 Å². The SMILES string of the molecule is C=CCC(F)(F)c1cc([C@@H](C)N(C)C(=O)N2CCN3C(=O)C(C(=O)OC)CC3C2c2ccccc2C)cc(C(F)(F)F)c1. The van der Waals surface area contributed by atoms with Gasteiger partial charge in [0.25, 0.3) is 5.92 Å². The van der Waals surface area contributed by atoms with Crippen LogP contribution >= 0.6 is 0 Å². The van der Waals surface area contributed by atoms with Crippen LogP contribution in [-0.4, -0.2) is 65.9 Å². The predicted molar refractivity (Wildman–Crippen MR) is 148 cm³/mol. The molecule has 0 bridgehead atoms. The summed E-state index contributed by atoms with van der Waals surface area (Å²) in [6.45, 7) is 6.81. The third-order valence-corrected chi connectivity index (χ3v) is 8.45. The fourth-order valence-electron chi connectivity index (χ4n) is 5.98. The number of allylic oxidation sites excluding steroid dienone is 1. The smallest absolute Gasteiger partial charge is 0.416 e. The number of hydrogen-bond donors (Lipinski definition) is 0. The summed E-state index contributed by atoms with van der Waals surface area (Å²) in [6, 6.07) is 6.64. The molecule has 0 aromatic heterocycles. The third-order valence-electron chi connectivity index (χ3n) is 8.45. The summed E-state index contributed by atoms with van der Waals surface area (Å²) >= 11 is 0. The number of piperazine rings is 1. The predicted octanol–water partition coefficient (Wildman–Crippen LogP) is 6.24. The number of urea groups is 1. The largest absolute Gasteiger partial charge is 0.468 e. The zero-order chi connectivity index (χ0) is 31.9. The summed E-state index contributed by atoms with van der Waals surface area (Å²) in [7, 11) is 2.59. The minimum Gasteiger partial charge on any atom is -0.468 e. The van der Waals surface area contributed by atoms with E-state index in [1.165, 1.54) is 30.9 Å². The van der Waals surface area contributed by atoms with Crippen LogP contribution in [0.3, 0.4) is 0 Å². The molecule has 7 nitrogen and oxygen atoms in total. The highest BCUT2D eigenvalue weighted by atomic mass is 19.4. The van der Waals surface area contributed by atoms with E-state index in [2.05, 4.69) is 6.58 Å². The molecule has 2 fully saturated rings. The van der Waals surface area contributed by atoms with Gasteiger partial charge < -0.3 is 19.4 Å². The first-order chi connectivity index (χ1) is 20.1. The monoisotopic (exact) mass is 607 g/mol. The van der Waals surface area contributed by atoms with Gasteiger partial charge in [0.05, 0.1) is 30.8 Å². The highest BCUT2D eigenvalue weighted by Crippen LogP contribution is 2.43. The minimum atomic E-state index is -4.89. The molecule has 2 aliphatic rings. The number of fused-ring (bicyclic) bond motifs is 1. The Kier molecular flexibility index (Phi) is 8.90. The van der Waals surface area contributed by atoms with E-state index in [9.17, 15) is 36.3 Å². The van der Waals surface area contributed by atoms with E-state index < -0.39 is 65.7 Å². The fraction of sp³-hybridized carbons (Fsp3) is 0.452. The molecule has 2 heterocycles. The van der Waals surface area contributed by atoms with Gasteiger partial charge in [0.1, 0.15) is 5.92 Å². The molecule has 0 spiro atoms. The van der Waals surface area contributed by atoms with Crippen LogP contribution in [0.4, 0.5) is 26.7 Å². The van der Waals surface area contributed by atoms with Gasteiger partial charge in [-0.2, -0.15) is 13.2 Å². The molecule has 0 radical (unpaired) electrons. The number of halogens is 5. The molecular formula is C31H34F5N3O4. The Morgan fingerprint density at radius 1 is 1.12 bits per heavy atom. The molecule has 3 unspecified atom stereocenters. The average molecular weight is 608 g/mol. The molecule has 3 amide bonds. The Morgan fingerprint density at radius 2 is 1.77 bits per heavy atom. The molecule has 4 rings (SSSR count). The number of alkyl halides is 5. The minimum absolute atomic E-state index is 0.0796. The van der Waals surface area contributed by atoms with Crippen LogP contribution in [-0.2, 0) is 26.4 Å². The summed E-state index contributed by atoms with van der Waals surface area (Å²) in [5.41, 5.74) is -0.604. The van der Waals surface area contributed by atoms with Crippen molar-refractivity contribution in [3.63, 3.8) is 0 Å². The van der Waals surface area contributed by atoms with Crippen molar-refractivity contribution < 1.29 is 41.1 Å². The van der Waals surface area contributed by atoms with Crippen molar-refractivity contribution >= 4 is 17.9 Å².